The molecular formula is C31H27N3O3. The molecule has 1 aliphatic rings. The van der Waals surface area contributed by atoms with Crippen molar-refractivity contribution >= 4 is 33.6 Å². The monoisotopic (exact) mass is 489 g/mol. The molecule has 0 radical (unpaired) electrons. The molecule has 0 saturated carbocycles. The van der Waals surface area contributed by atoms with Gasteiger partial charge >= 0.3 is 0 Å². The highest BCUT2D eigenvalue weighted by molar-refractivity contribution is 5.95. The minimum atomic E-state index is -0.0749. The molecule has 6 heteroatoms. The molecular weight excluding hydrogens is 462 g/mol. The van der Waals surface area contributed by atoms with Crippen LogP contribution in [0.1, 0.15) is 21.5 Å². The number of piperazine rings is 1. The van der Waals surface area contributed by atoms with Crippen LogP contribution in [0.2, 0.25) is 0 Å². The molecule has 5 aromatic rings. The van der Waals surface area contributed by atoms with Gasteiger partial charge in [0.15, 0.2) is 5.43 Å². The molecule has 0 bridgehead atoms. The van der Waals surface area contributed by atoms with Crippen LogP contribution in [-0.4, -0.2) is 42.0 Å². The van der Waals surface area contributed by atoms with Crippen LogP contribution in [0.25, 0.3) is 33.2 Å². The molecule has 2 aromatic heterocycles. The molecule has 6 nitrogen and oxygen atoms in total. The lowest BCUT2D eigenvalue weighted by atomic mass is 10.1. The zero-order chi connectivity index (χ0) is 25.5. The van der Waals surface area contributed by atoms with E-state index in [0.29, 0.717) is 35.4 Å². The lowest BCUT2D eigenvalue weighted by molar-refractivity contribution is 0.0746. The van der Waals surface area contributed by atoms with Crippen LogP contribution >= 0.6 is 0 Å². The first-order valence-corrected chi connectivity index (χ1v) is 12.5. The maximum absolute atomic E-state index is 13.2. The summed E-state index contributed by atoms with van der Waals surface area (Å²) >= 11 is 0. The summed E-state index contributed by atoms with van der Waals surface area (Å²) in [5, 5.41) is 1.74. The van der Waals surface area contributed by atoms with Gasteiger partial charge in [0.25, 0.3) is 5.91 Å². The fraction of sp³-hybridized carbons (Fsp3) is 0.194. The zero-order valence-electron chi connectivity index (χ0n) is 20.9. The Bertz CT molecular complexity index is 1700. The zero-order valence-corrected chi connectivity index (χ0v) is 20.9. The maximum Gasteiger partial charge on any atom is 0.253 e. The quantitative estimate of drug-likeness (QED) is 0.331. The molecule has 1 amide bonds. The standard InChI is InChI=1S/C31H27N3O3/c1-20-7-12-28-25(17-20)27(35)19-29(37-28)22-8-10-23(11-9-22)31(36)34-15-13-33(14-16-34)30-18-21(2)24-5-3-4-6-26(24)32-30/h3-12,17-19H,13-16H2,1-2H3. The van der Waals surface area contributed by atoms with Crippen LogP contribution < -0.4 is 10.3 Å². The fourth-order valence-electron chi connectivity index (χ4n) is 5.00. The van der Waals surface area contributed by atoms with Gasteiger partial charge in [0.05, 0.1) is 10.9 Å². The highest BCUT2D eigenvalue weighted by Crippen LogP contribution is 2.25. The molecule has 0 N–H and O–H groups in total. The van der Waals surface area contributed by atoms with E-state index in [2.05, 4.69) is 24.0 Å². The molecule has 3 aromatic carbocycles. The number of fused-ring (bicyclic) bond motifs is 2. The number of hydrogen-bond donors (Lipinski definition) is 0. The predicted octanol–water partition coefficient (Wildman–Crippen LogP) is 5.59. The summed E-state index contributed by atoms with van der Waals surface area (Å²) in [5.74, 6) is 1.45. The van der Waals surface area contributed by atoms with Crippen molar-refractivity contribution in [2.24, 2.45) is 0 Å². The average Bonchev–Trinajstić information content (AvgIpc) is 2.93. The van der Waals surface area contributed by atoms with Crippen LogP contribution in [0.15, 0.2) is 88.1 Å². The SMILES string of the molecule is Cc1ccc2oc(-c3ccc(C(=O)N4CCN(c5cc(C)c6ccccc6n5)CC4)cc3)cc(=O)c2c1. The first-order valence-electron chi connectivity index (χ1n) is 12.5. The minimum Gasteiger partial charge on any atom is -0.456 e. The molecule has 184 valence electrons. The Morgan fingerprint density at radius 1 is 0.838 bits per heavy atom. The molecule has 0 aliphatic carbocycles. The second-order valence-electron chi connectivity index (χ2n) is 9.65. The number of benzene rings is 3. The van der Waals surface area contributed by atoms with Gasteiger partial charge in [0, 0.05) is 48.8 Å². The molecule has 0 spiro atoms. The highest BCUT2D eigenvalue weighted by Gasteiger charge is 2.23. The highest BCUT2D eigenvalue weighted by atomic mass is 16.3. The van der Waals surface area contributed by atoms with Gasteiger partial charge in [0.1, 0.15) is 17.2 Å². The Hall–Kier alpha value is -4.45. The molecule has 1 fully saturated rings. The van der Waals surface area contributed by atoms with E-state index in [1.165, 1.54) is 17.0 Å². The van der Waals surface area contributed by atoms with E-state index in [-0.39, 0.29) is 11.3 Å². The summed E-state index contributed by atoms with van der Waals surface area (Å²) < 4.78 is 5.98. The van der Waals surface area contributed by atoms with Crippen molar-refractivity contribution in [3.8, 4) is 11.3 Å². The Balaban J connectivity index is 1.16. The molecule has 0 atom stereocenters. The van der Waals surface area contributed by atoms with Crippen molar-refractivity contribution in [2.75, 3.05) is 31.1 Å². The second-order valence-corrected chi connectivity index (χ2v) is 9.65. The van der Waals surface area contributed by atoms with Gasteiger partial charge in [-0.05, 0) is 55.8 Å². The van der Waals surface area contributed by atoms with Crippen molar-refractivity contribution in [2.45, 2.75) is 13.8 Å². The Morgan fingerprint density at radius 2 is 1.59 bits per heavy atom. The van der Waals surface area contributed by atoms with E-state index in [9.17, 15) is 9.59 Å². The number of para-hydroxylation sites is 1. The summed E-state index contributed by atoms with van der Waals surface area (Å²) in [4.78, 5) is 34.8. The summed E-state index contributed by atoms with van der Waals surface area (Å²) in [5.41, 5.74) is 5.08. The Labute approximate surface area is 214 Å². The first-order chi connectivity index (χ1) is 18.0. The van der Waals surface area contributed by atoms with Crippen molar-refractivity contribution in [1.82, 2.24) is 9.88 Å². The van der Waals surface area contributed by atoms with Crippen LogP contribution in [0, 0.1) is 13.8 Å². The van der Waals surface area contributed by atoms with Crippen molar-refractivity contribution in [3.05, 3.63) is 106 Å². The predicted molar refractivity (Wildman–Crippen MR) is 147 cm³/mol. The molecule has 3 heterocycles. The van der Waals surface area contributed by atoms with Crippen LogP contribution in [0.4, 0.5) is 5.82 Å². The van der Waals surface area contributed by atoms with E-state index in [1.54, 1.807) is 12.1 Å². The van der Waals surface area contributed by atoms with Gasteiger partial charge in [-0.2, -0.15) is 0 Å². The van der Waals surface area contributed by atoms with Crippen LogP contribution in [0.5, 0.6) is 0 Å². The van der Waals surface area contributed by atoms with Crippen LogP contribution in [0.3, 0.4) is 0 Å². The minimum absolute atomic E-state index is 0.00397. The van der Waals surface area contributed by atoms with Crippen LogP contribution in [-0.2, 0) is 0 Å². The van der Waals surface area contributed by atoms with Crippen molar-refractivity contribution < 1.29 is 9.21 Å². The molecule has 0 unspecified atom stereocenters. The summed E-state index contributed by atoms with van der Waals surface area (Å²) in [6.45, 7) is 6.79. The van der Waals surface area contributed by atoms with E-state index in [1.807, 2.05) is 60.4 Å². The summed E-state index contributed by atoms with van der Waals surface area (Å²) in [6, 6.07) is 24.7. The summed E-state index contributed by atoms with van der Waals surface area (Å²) in [6.07, 6.45) is 0. The molecule has 1 saturated heterocycles. The second kappa shape index (κ2) is 9.21. The first kappa shape index (κ1) is 23.0. The third-order valence-corrected chi connectivity index (χ3v) is 7.10. The number of pyridine rings is 1. The Morgan fingerprint density at radius 3 is 2.38 bits per heavy atom. The third-order valence-electron chi connectivity index (χ3n) is 7.10. The van der Waals surface area contributed by atoms with E-state index < -0.39 is 0 Å². The number of hydrogen-bond acceptors (Lipinski definition) is 5. The largest absolute Gasteiger partial charge is 0.456 e. The number of aryl methyl sites for hydroxylation is 2. The lowest BCUT2D eigenvalue weighted by Crippen LogP contribution is -2.49. The van der Waals surface area contributed by atoms with Crippen molar-refractivity contribution in [3.63, 3.8) is 0 Å². The van der Waals surface area contributed by atoms with E-state index in [4.69, 9.17) is 9.40 Å². The molecule has 6 rings (SSSR count). The van der Waals surface area contributed by atoms with Gasteiger partial charge in [-0.15, -0.1) is 0 Å². The number of amides is 1. The number of carbonyl (C=O) groups excluding carboxylic acids is 1. The van der Waals surface area contributed by atoms with E-state index in [0.717, 1.165) is 35.6 Å². The maximum atomic E-state index is 13.2. The van der Waals surface area contributed by atoms with Crippen molar-refractivity contribution in [1.29, 1.82) is 0 Å². The smallest absolute Gasteiger partial charge is 0.253 e. The van der Waals surface area contributed by atoms with Gasteiger partial charge < -0.3 is 14.2 Å². The normalized spacial score (nSPS) is 13.9. The third kappa shape index (κ3) is 4.35. The molecule has 1 aliphatic heterocycles. The van der Waals surface area contributed by atoms with Gasteiger partial charge in [-0.25, -0.2) is 4.98 Å². The number of anilines is 1. The Kier molecular flexibility index (Phi) is 5.72. The van der Waals surface area contributed by atoms with Gasteiger partial charge in [-0.1, -0.05) is 42.0 Å². The number of rotatable bonds is 3. The average molecular weight is 490 g/mol. The van der Waals surface area contributed by atoms with Gasteiger partial charge in [0.2, 0.25) is 0 Å². The summed E-state index contributed by atoms with van der Waals surface area (Å²) in [7, 11) is 0. The van der Waals surface area contributed by atoms with Gasteiger partial charge in [-0.3, -0.25) is 9.59 Å². The van der Waals surface area contributed by atoms with E-state index >= 15 is 0 Å². The molecule has 37 heavy (non-hydrogen) atoms. The fourth-order valence-corrected chi connectivity index (χ4v) is 5.00. The lowest BCUT2D eigenvalue weighted by Gasteiger charge is -2.35. The topological polar surface area (TPSA) is 66.7 Å². The number of nitrogens with zero attached hydrogens (tertiary/aromatic N) is 3. The number of aromatic nitrogens is 1. The number of carbonyl (C=O) groups is 1.